The molecule has 0 aliphatic rings. The number of hydrogen-bond donors (Lipinski definition) is 2. The third kappa shape index (κ3) is 4.87. The Kier molecular flexibility index (Phi) is 6.10. The summed E-state index contributed by atoms with van der Waals surface area (Å²) in [5.41, 5.74) is 0.0837. The molecule has 6 heteroatoms. The molecule has 1 atom stereocenters. The molecule has 0 spiro atoms. The highest BCUT2D eigenvalue weighted by molar-refractivity contribution is 6.03. The predicted octanol–water partition coefficient (Wildman–Crippen LogP) is 0.931. The van der Waals surface area contributed by atoms with Crippen LogP contribution in [0.4, 0.5) is 5.69 Å². The van der Waals surface area contributed by atoms with Gasteiger partial charge in [-0.05, 0) is 30.4 Å². The SMILES string of the molecule is CC[C@@](C)(CC(=O)[O-])CC(=O)Nc1ccccc1C(=O)NC. The van der Waals surface area contributed by atoms with Crippen LogP contribution in [0.25, 0.3) is 0 Å². The van der Waals surface area contributed by atoms with E-state index in [9.17, 15) is 19.5 Å². The Morgan fingerprint density at radius 2 is 1.82 bits per heavy atom. The molecular formula is C16H21N2O4-. The minimum atomic E-state index is -1.18. The van der Waals surface area contributed by atoms with Crippen LogP contribution in [0.15, 0.2) is 24.3 Å². The number of amides is 2. The summed E-state index contributed by atoms with van der Waals surface area (Å²) in [5, 5.41) is 16.0. The Bertz CT molecular complexity index is 571. The van der Waals surface area contributed by atoms with Crippen LogP contribution in [-0.4, -0.2) is 24.8 Å². The van der Waals surface area contributed by atoms with Gasteiger partial charge in [0, 0.05) is 19.4 Å². The Balaban J connectivity index is 2.85. The number of rotatable bonds is 7. The molecule has 6 nitrogen and oxygen atoms in total. The number of para-hydroxylation sites is 1. The highest BCUT2D eigenvalue weighted by atomic mass is 16.4. The van der Waals surface area contributed by atoms with E-state index in [0.717, 1.165) is 0 Å². The van der Waals surface area contributed by atoms with Gasteiger partial charge in [0.25, 0.3) is 5.91 Å². The second-order valence-corrected chi connectivity index (χ2v) is 5.56. The van der Waals surface area contributed by atoms with Gasteiger partial charge in [0.15, 0.2) is 0 Å². The number of carboxylic acid groups (broad SMARTS) is 1. The van der Waals surface area contributed by atoms with Gasteiger partial charge in [-0.15, -0.1) is 0 Å². The van der Waals surface area contributed by atoms with Crippen molar-refractivity contribution >= 4 is 23.5 Å². The summed E-state index contributed by atoms with van der Waals surface area (Å²) in [6.45, 7) is 3.56. The van der Waals surface area contributed by atoms with Gasteiger partial charge in [-0.3, -0.25) is 9.59 Å². The number of anilines is 1. The molecule has 0 aromatic heterocycles. The van der Waals surface area contributed by atoms with Crippen molar-refractivity contribution in [2.45, 2.75) is 33.1 Å². The number of carbonyl (C=O) groups excluding carboxylic acids is 3. The highest BCUT2D eigenvalue weighted by Crippen LogP contribution is 2.30. The van der Waals surface area contributed by atoms with Gasteiger partial charge in [0.1, 0.15) is 0 Å². The van der Waals surface area contributed by atoms with E-state index < -0.39 is 11.4 Å². The molecule has 22 heavy (non-hydrogen) atoms. The van der Waals surface area contributed by atoms with E-state index in [2.05, 4.69) is 10.6 Å². The normalized spacial score (nSPS) is 13.0. The van der Waals surface area contributed by atoms with Crippen molar-refractivity contribution in [3.63, 3.8) is 0 Å². The third-order valence-corrected chi connectivity index (χ3v) is 3.68. The van der Waals surface area contributed by atoms with E-state index in [-0.39, 0.29) is 24.7 Å². The van der Waals surface area contributed by atoms with Gasteiger partial charge in [0.05, 0.1) is 11.3 Å². The molecule has 0 saturated heterocycles. The number of hydrogen-bond acceptors (Lipinski definition) is 4. The van der Waals surface area contributed by atoms with Crippen molar-refractivity contribution in [2.24, 2.45) is 5.41 Å². The van der Waals surface area contributed by atoms with Crippen molar-refractivity contribution < 1.29 is 19.5 Å². The second-order valence-electron chi connectivity index (χ2n) is 5.56. The van der Waals surface area contributed by atoms with Gasteiger partial charge in [-0.2, -0.15) is 0 Å². The lowest BCUT2D eigenvalue weighted by Gasteiger charge is -2.28. The van der Waals surface area contributed by atoms with Gasteiger partial charge in [0.2, 0.25) is 5.91 Å². The first kappa shape index (κ1) is 17.7. The summed E-state index contributed by atoms with van der Waals surface area (Å²) in [4.78, 5) is 34.7. The van der Waals surface area contributed by atoms with Crippen LogP contribution >= 0.6 is 0 Å². The standard InChI is InChI=1S/C16H22N2O4/c1-4-16(2,10-14(20)21)9-13(19)18-12-8-6-5-7-11(12)15(22)17-3/h5-8H,4,9-10H2,1-3H3,(H,17,22)(H,18,19)(H,20,21)/p-1/t16-/m1/s1. The van der Waals surface area contributed by atoms with Crippen LogP contribution in [-0.2, 0) is 9.59 Å². The Morgan fingerprint density at radius 3 is 2.36 bits per heavy atom. The molecule has 0 heterocycles. The molecule has 1 rings (SSSR count). The summed E-state index contributed by atoms with van der Waals surface area (Å²) in [6.07, 6.45) is 0.388. The number of carboxylic acids is 1. The Labute approximate surface area is 129 Å². The summed E-state index contributed by atoms with van der Waals surface area (Å²) >= 11 is 0. The number of benzene rings is 1. The van der Waals surface area contributed by atoms with Crippen molar-refractivity contribution in [3.8, 4) is 0 Å². The topological polar surface area (TPSA) is 98.3 Å². The van der Waals surface area contributed by atoms with E-state index >= 15 is 0 Å². The average molecular weight is 305 g/mol. The fraction of sp³-hybridized carbons (Fsp3) is 0.438. The van der Waals surface area contributed by atoms with Crippen LogP contribution in [0.2, 0.25) is 0 Å². The number of nitrogens with one attached hydrogen (secondary N) is 2. The fourth-order valence-electron chi connectivity index (χ4n) is 2.17. The first-order valence-electron chi connectivity index (χ1n) is 7.12. The largest absolute Gasteiger partial charge is 0.550 e. The Morgan fingerprint density at radius 1 is 1.18 bits per heavy atom. The molecule has 0 radical (unpaired) electrons. The van der Waals surface area contributed by atoms with Gasteiger partial charge >= 0.3 is 0 Å². The molecule has 2 amide bonds. The molecule has 0 unspecified atom stereocenters. The van der Waals surface area contributed by atoms with Crippen LogP contribution in [0.1, 0.15) is 43.5 Å². The number of carbonyl (C=O) groups is 3. The van der Waals surface area contributed by atoms with Gasteiger partial charge in [-0.25, -0.2) is 0 Å². The molecule has 0 fully saturated rings. The van der Waals surface area contributed by atoms with Crippen molar-refractivity contribution in [3.05, 3.63) is 29.8 Å². The summed E-state index contributed by atoms with van der Waals surface area (Å²) < 4.78 is 0. The quantitative estimate of drug-likeness (QED) is 0.783. The third-order valence-electron chi connectivity index (χ3n) is 3.68. The van der Waals surface area contributed by atoms with E-state index in [0.29, 0.717) is 17.7 Å². The highest BCUT2D eigenvalue weighted by Gasteiger charge is 2.26. The smallest absolute Gasteiger partial charge is 0.253 e. The first-order valence-corrected chi connectivity index (χ1v) is 7.12. The molecule has 0 saturated carbocycles. The number of aliphatic carboxylic acids is 1. The van der Waals surface area contributed by atoms with Crippen molar-refractivity contribution in [1.82, 2.24) is 5.32 Å². The van der Waals surface area contributed by atoms with Crippen LogP contribution in [0.3, 0.4) is 0 Å². The molecule has 0 aliphatic carbocycles. The van der Waals surface area contributed by atoms with E-state index in [1.54, 1.807) is 31.2 Å². The monoisotopic (exact) mass is 305 g/mol. The maximum Gasteiger partial charge on any atom is 0.253 e. The minimum absolute atomic E-state index is 0.0412. The van der Waals surface area contributed by atoms with Gasteiger partial charge < -0.3 is 20.5 Å². The average Bonchev–Trinajstić information content (AvgIpc) is 2.46. The van der Waals surface area contributed by atoms with E-state index in [1.165, 1.54) is 7.05 Å². The minimum Gasteiger partial charge on any atom is -0.550 e. The molecule has 1 aromatic rings. The molecule has 120 valence electrons. The zero-order valence-electron chi connectivity index (χ0n) is 13.1. The summed E-state index contributed by atoms with van der Waals surface area (Å²) in [7, 11) is 1.51. The molecule has 0 bridgehead atoms. The molecule has 0 aliphatic heterocycles. The van der Waals surface area contributed by atoms with Crippen LogP contribution < -0.4 is 15.7 Å². The van der Waals surface area contributed by atoms with E-state index in [4.69, 9.17) is 0 Å². The lowest BCUT2D eigenvalue weighted by Crippen LogP contribution is -2.33. The Hall–Kier alpha value is -2.37. The molecule has 1 aromatic carbocycles. The fourth-order valence-corrected chi connectivity index (χ4v) is 2.17. The zero-order chi connectivity index (χ0) is 16.8. The van der Waals surface area contributed by atoms with E-state index in [1.807, 2.05) is 6.92 Å². The summed E-state index contributed by atoms with van der Waals surface area (Å²) in [6, 6.07) is 6.65. The van der Waals surface area contributed by atoms with Crippen LogP contribution in [0.5, 0.6) is 0 Å². The predicted molar refractivity (Wildman–Crippen MR) is 81.1 cm³/mol. The van der Waals surface area contributed by atoms with Gasteiger partial charge in [-0.1, -0.05) is 26.0 Å². The zero-order valence-corrected chi connectivity index (χ0v) is 13.1. The second kappa shape index (κ2) is 7.59. The molecule has 2 N–H and O–H groups in total. The lowest BCUT2D eigenvalue weighted by molar-refractivity contribution is -0.308. The first-order chi connectivity index (χ1) is 10.3. The maximum absolute atomic E-state index is 12.2. The summed E-state index contributed by atoms with van der Waals surface area (Å²) in [5.74, 6) is -1.81. The lowest BCUT2D eigenvalue weighted by atomic mass is 9.80. The van der Waals surface area contributed by atoms with Crippen molar-refractivity contribution in [2.75, 3.05) is 12.4 Å². The van der Waals surface area contributed by atoms with Crippen molar-refractivity contribution in [1.29, 1.82) is 0 Å². The molecular weight excluding hydrogens is 284 g/mol. The maximum atomic E-state index is 12.2. The van der Waals surface area contributed by atoms with Crippen LogP contribution in [0, 0.1) is 5.41 Å².